The smallest absolute Gasteiger partial charge is 0.328 e. The Hall–Kier alpha value is -1.34. The van der Waals surface area contributed by atoms with E-state index in [0.717, 1.165) is 0 Å². The van der Waals surface area contributed by atoms with Crippen LogP contribution >= 0.6 is 0 Å². The number of aliphatic carboxylic acids is 1. The minimum atomic E-state index is -1.29. The van der Waals surface area contributed by atoms with Crippen LogP contribution in [0.25, 0.3) is 0 Å². The lowest BCUT2D eigenvalue weighted by Crippen LogP contribution is -2.52. The van der Waals surface area contributed by atoms with Crippen molar-refractivity contribution in [3.05, 3.63) is 0 Å². The molecule has 0 aromatic rings. The van der Waals surface area contributed by atoms with Gasteiger partial charge in [-0.05, 0) is 13.8 Å². The highest BCUT2D eigenvalue weighted by molar-refractivity contribution is 5.82. The first-order valence-electron chi connectivity index (χ1n) is 5.37. The second kappa shape index (κ2) is 7.86. The number of nitrogens with zero attached hydrogens (tertiary/aromatic N) is 1. The van der Waals surface area contributed by atoms with Crippen LogP contribution in [0.2, 0.25) is 0 Å². The second-order valence-corrected chi connectivity index (χ2v) is 3.61. The SMILES string of the molecule is CCN(C(=O)N[C@@H](CO)C(=O)O)C(C)COC. The Labute approximate surface area is 100 Å². The lowest BCUT2D eigenvalue weighted by Gasteiger charge is -2.28. The monoisotopic (exact) mass is 248 g/mol. The fourth-order valence-electron chi connectivity index (χ4n) is 1.40. The Kier molecular flexibility index (Phi) is 7.24. The lowest BCUT2D eigenvalue weighted by atomic mass is 10.3. The van der Waals surface area contributed by atoms with Crippen LogP contribution in [0.4, 0.5) is 4.79 Å². The second-order valence-electron chi connectivity index (χ2n) is 3.61. The molecule has 0 aliphatic carbocycles. The van der Waals surface area contributed by atoms with E-state index in [1.165, 1.54) is 12.0 Å². The molecule has 0 heterocycles. The van der Waals surface area contributed by atoms with Gasteiger partial charge in [0.05, 0.1) is 19.3 Å². The summed E-state index contributed by atoms with van der Waals surface area (Å²) in [6.45, 7) is 3.71. The molecule has 100 valence electrons. The van der Waals surface area contributed by atoms with Crippen molar-refractivity contribution in [2.45, 2.75) is 25.9 Å². The van der Waals surface area contributed by atoms with Crippen LogP contribution in [0, 0.1) is 0 Å². The molecule has 0 saturated heterocycles. The number of rotatable bonds is 7. The molecular formula is C10H20N2O5. The molecule has 0 radical (unpaired) electrons. The highest BCUT2D eigenvalue weighted by Gasteiger charge is 2.24. The molecule has 0 fully saturated rings. The summed E-state index contributed by atoms with van der Waals surface area (Å²) in [6, 6.07) is -1.98. The summed E-state index contributed by atoms with van der Waals surface area (Å²) in [6.07, 6.45) is 0. The standard InChI is InChI=1S/C10H20N2O5/c1-4-12(7(2)6-17-3)10(16)11-8(5-13)9(14)15/h7-8,13H,4-6H2,1-3H3,(H,11,16)(H,14,15)/t7?,8-/m0/s1. The van der Waals surface area contributed by atoms with E-state index in [2.05, 4.69) is 5.32 Å². The molecule has 0 aromatic heterocycles. The number of methoxy groups -OCH3 is 1. The minimum absolute atomic E-state index is 0.168. The van der Waals surface area contributed by atoms with Gasteiger partial charge in [0.15, 0.2) is 6.04 Å². The van der Waals surface area contributed by atoms with E-state index in [-0.39, 0.29) is 6.04 Å². The largest absolute Gasteiger partial charge is 0.480 e. The number of carboxylic acid groups (broad SMARTS) is 1. The van der Waals surface area contributed by atoms with Crippen molar-refractivity contribution in [3.8, 4) is 0 Å². The highest BCUT2D eigenvalue weighted by Crippen LogP contribution is 2.00. The number of carboxylic acids is 1. The molecule has 0 aliphatic rings. The topological polar surface area (TPSA) is 99.1 Å². The molecule has 17 heavy (non-hydrogen) atoms. The summed E-state index contributed by atoms with van der Waals surface area (Å²) in [5.41, 5.74) is 0. The quantitative estimate of drug-likeness (QED) is 0.564. The fraction of sp³-hybridized carbons (Fsp3) is 0.800. The van der Waals surface area contributed by atoms with Crippen molar-refractivity contribution < 1.29 is 24.5 Å². The average molecular weight is 248 g/mol. The molecule has 1 unspecified atom stereocenters. The van der Waals surface area contributed by atoms with E-state index in [0.29, 0.717) is 13.2 Å². The van der Waals surface area contributed by atoms with Gasteiger partial charge in [-0.3, -0.25) is 0 Å². The summed E-state index contributed by atoms with van der Waals surface area (Å²) in [5.74, 6) is -1.27. The first kappa shape index (κ1) is 15.7. The minimum Gasteiger partial charge on any atom is -0.480 e. The molecule has 0 aromatic carbocycles. The van der Waals surface area contributed by atoms with Crippen LogP contribution in [0.15, 0.2) is 0 Å². The zero-order valence-corrected chi connectivity index (χ0v) is 10.3. The lowest BCUT2D eigenvalue weighted by molar-refractivity contribution is -0.140. The zero-order valence-electron chi connectivity index (χ0n) is 10.3. The van der Waals surface area contributed by atoms with E-state index in [1.54, 1.807) is 13.8 Å². The third-order valence-electron chi connectivity index (χ3n) is 2.32. The van der Waals surface area contributed by atoms with Crippen LogP contribution in [0.1, 0.15) is 13.8 Å². The van der Waals surface area contributed by atoms with E-state index in [9.17, 15) is 9.59 Å². The number of ether oxygens (including phenoxy) is 1. The van der Waals surface area contributed by atoms with Crippen molar-refractivity contribution in [1.82, 2.24) is 10.2 Å². The maximum atomic E-state index is 11.7. The first-order valence-corrected chi connectivity index (χ1v) is 5.37. The molecule has 0 aliphatic heterocycles. The number of carbonyl (C=O) groups is 2. The van der Waals surface area contributed by atoms with Gasteiger partial charge in [-0.25, -0.2) is 9.59 Å². The molecule has 0 saturated carbocycles. The molecule has 3 N–H and O–H groups in total. The van der Waals surface area contributed by atoms with Gasteiger partial charge in [0, 0.05) is 13.7 Å². The van der Waals surface area contributed by atoms with Crippen LogP contribution in [-0.4, -0.2) is 66.1 Å². The van der Waals surface area contributed by atoms with E-state index in [4.69, 9.17) is 14.9 Å². The van der Waals surface area contributed by atoms with Gasteiger partial charge < -0.3 is 25.2 Å². The normalized spacial score (nSPS) is 13.9. The number of aliphatic hydroxyl groups excluding tert-OH is 1. The Balaban J connectivity index is 4.48. The van der Waals surface area contributed by atoms with Crippen molar-refractivity contribution >= 4 is 12.0 Å². The summed E-state index contributed by atoms with van der Waals surface area (Å²) in [7, 11) is 1.52. The van der Waals surface area contributed by atoms with Gasteiger partial charge >= 0.3 is 12.0 Å². The van der Waals surface area contributed by atoms with Crippen LogP contribution < -0.4 is 5.32 Å². The number of carbonyl (C=O) groups excluding carboxylic acids is 1. The predicted octanol–water partition coefficient (Wildman–Crippen LogP) is -0.502. The first-order chi connectivity index (χ1) is 7.97. The van der Waals surface area contributed by atoms with E-state index < -0.39 is 24.6 Å². The molecule has 0 bridgehead atoms. The summed E-state index contributed by atoms with van der Waals surface area (Å²) in [5, 5.41) is 19.7. The van der Waals surface area contributed by atoms with Gasteiger partial charge in [0.1, 0.15) is 0 Å². The van der Waals surface area contributed by atoms with Crippen molar-refractivity contribution in [2.75, 3.05) is 26.9 Å². The fourth-order valence-corrected chi connectivity index (χ4v) is 1.40. The van der Waals surface area contributed by atoms with Gasteiger partial charge in [0.25, 0.3) is 0 Å². The maximum Gasteiger partial charge on any atom is 0.328 e. The molecule has 0 spiro atoms. The van der Waals surface area contributed by atoms with Crippen molar-refractivity contribution in [2.24, 2.45) is 0 Å². The molecule has 2 atom stereocenters. The molecule has 0 rings (SSSR count). The molecular weight excluding hydrogens is 228 g/mol. The van der Waals surface area contributed by atoms with Gasteiger partial charge in [-0.15, -0.1) is 0 Å². The highest BCUT2D eigenvalue weighted by atomic mass is 16.5. The van der Waals surface area contributed by atoms with Gasteiger partial charge in [0.2, 0.25) is 0 Å². The number of hydrogen-bond acceptors (Lipinski definition) is 4. The summed E-state index contributed by atoms with van der Waals surface area (Å²) >= 11 is 0. The Morgan fingerprint density at radius 2 is 2.06 bits per heavy atom. The number of likely N-dealkylation sites (N-methyl/N-ethyl adjacent to an activating group) is 1. The van der Waals surface area contributed by atoms with Crippen molar-refractivity contribution in [1.29, 1.82) is 0 Å². The Morgan fingerprint density at radius 3 is 2.41 bits per heavy atom. The summed E-state index contributed by atoms with van der Waals surface area (Å²) in [4.78, 5) is 23.8. The third kappa shape index (κ3) is 5.01. The van der Waals surface area contributed by atoms with E-state index >= 15 is 0 Å². The molecule has 7 nitrogen and oxygen atoms in total. The molecule has 2 amide bonds. The van der Waals surface area contributed by atoms with Crippen LogP contribution in [0.3, 0.4) is 0 Å². The number of aliphatic hydroxyl groups is 1. The number of urea groups is 1. The molecule has 7 heteroatoms. The Bertz CT molecular complexity index is 259. The number of hydrogen-bond donors (Lipinski definition) is 3. The third-order valence-corrected chi connectivity index (χ3v) is 2.32. The van der Waals surface area contributed by atoms with Crippen LogP contribution in [-0.2, 0) is 9.53 Å². The maximum absolute atomic E-state index is 11.7. The van der Waals surface area contributed by atoms with Crippen molar-refractivity contribution in [3.63, 3.8) is 0 Å². The van der Waals surface area contributed by atoms with Crippen LogP contribution in [0.5, 0.6) is 0 Å². The van der Waals surface area contributed by atoms with Gasteiger partial charge in [-0.1, -0.05) is 0 Å². The Morgan fingerprint density at radius 1 is 1.47 bits per heavy atom. The summed E-state index contributed by atoms with van der Waals surface area (Å²) < 4.78 is 4.93. The average Bonchev–Trinajstić information content (AvgIpc) is 2.26. The number of nitrogens with one attached hydrogen (secondary N) is 1. The predicted molar refractivity (Wildman–Crippen MR) is 60.8 cm³/mol. The van der Waals surface area contributed by atoms with Gasteiger partial charge in [-0.2, -0.15) is 0 Å². The zero-order chi connectivity index (χ0) is 13.4. The van der Waals surface area contributed by atoms with E-state index in [1.807, 2.05) is 0 Å². The number of amides is 2.